The van der Waals surface area contributed by atoms with Gasteiger partial charge < -0.3 is 28.4 Å². The monoisotopic (exact) mass is 450 g/mol. The molecule has 1 atom stereocenters. The molecule has 0 saturated carbocycles. The van der Waals surface area contributed by atoms with E-state index >= 15 is 0 Å². The topological polar surface area (TPSA) is 99.2 Å². The first-order valence-electron chi connectivity index (χ1n) is 8.72. The fourth-order valence-corrected chi connectivity index (χ4v) is 4.18. The maximum atomic E-state index is 11.7. The van der Waals surface area contributed by atoms with Gasteiger partial charge in [0, 0.05) is 23.2 Å². The SMILES string of the molecule is COc1ccc(-c2nscc2-c2cc(OC)c(OC)c(OC)c2)cc1OP(C)(=O)[O-]. The third kappa shape index (κ3) is 4.53. The van der Waals surface area contributed by atoms with E-state index in [9.17, 15) is 9.46 Å². The van der Waals surface area contributed by atoms with Crippen molar-refractivity contribution in [3.05, 3.63) is 35.7 Å². The number of nitrogens with zero attached hydrogens (tertiary/aromatic N) is 1. The standard InChI is InChI=1S/C20H22NO7PS/c1-24-15-7-6-12(8-16(15)28-29(5,22)23)19-14(11-30-21-19)13-9-17(25-2)20(27-4)18(10-13)26-3/h6-11H,1-5H3,(H,22,23)/p-1. The van der Waals surface area contributed by atoms with Crippen molar-refractivity contribution in [2.75, 3.05) is 35.1 Å². The summed E-state index contributed by atoms with van der Waals surface area (Å²) in [5, 5.41) is 1.89. The van der Waals surface area contributed by atoms with Gasteiger partial charge in [0.05, 0.1) is 34.1 Å². The molecule has 2 aromatic carbocycles. The highest BCUT2D eigenvalue weighted by atomic mass is 32.1. The van der Waals surface area contributed by atoms with Crippen molar-refractivity contribution in [2.24, 2.45) is 0 Å². The van der Waals surface area contributed by atoms with Crippen molar-refractivity contribution in [1.29, 1.82) is 0 Å². The summed E-state index contributed by atoms with van der Waals surface area (Å²) in [6, 6.07) is 8.66. The van der Waals surface area contributed by atoms with Gasteiger partial charge in [-0.3, -0.25) is 4.57 Å². The number of aromatic nitrogens is 1. The van der Waals surface area contributed by atoms with Gasteiger partial charge in [-0.1, -0.05) is 0 Å². The van der Waals surface area contributed by atoms with Crippen LogP contribution < -0.4 is 28.4 Å². The predicted octanol–water partition coefficient (Wildman–Crippen LogP) is 4.07. The Bertz CT molecular complexity index is 1070. The molecular formula is C20H21NO7PS-. The van der Waals surface area contributed by atoms with Gasteiger partial charge in [0.1, 0.15) is 0 Å². The van der Waals surface area contributed by atoms with E-state index in [-0.39, 0.29) is 5.75 Å². The molecule has 0 saturated heterocycles. The second-order valence-corrected chi connectivity index (χ2v) is 8.57. The van der Waals surface area contributed by atoms with Crippen LogP contribution in [0.2, 0.25) is 0 Å². The second-order valence-electron chi connectivity index (χ2n) is 6.22. The predicted molar refractivity (Wildman–Crippen MR) is 113 cm³/mol. The first kappa shape index (κ1) is 22.0. The summed E-state index contributed by atoms with van der Waals surface area (Å²) < 4.78 is 42.7. The van der Waals surface area contributed by atoms with E-state index in [2.05, 4.69) is 4.37 Å². The van der Waals surface area contributed by atoms with E-state index in [1.165, 1.54) is 18.6 Å². The van der Waals surface area contributed by atoms with Crippen molar-refractivity contribution in [2.45, 2.75) is 0 Å². The number of ether oxygens (including phenoxy) is 4. The van der Waals surface area contributed by atoms with Crippen LogP contribution >= 0.6 is 19.1 Å². The van der Waals surface area contributed by atoms with Crippen LogP contribution in [0.15, 0.2) is 35.7 Å². The lowest BCUT2D eigenvalue weighted by Gasteiger charge is -2.21. The van der Waals surface area contributed by atoms with Crippen molar-refractivity contribution in [1.82, 2.24) is 4.37 Å². The zero-order valence-corrected chi connectivity index (χ0v) is 18.8. The van der Waals surface area contributed by atoms with Gasteiger partial charge in [-0.15, -0.1) is 0 Å². The summed E-state index contributed by atoms with van der Waals surface area (Å²) >= 11 is 1.27. The number of hydrogen-bond donors (Lipinski definition) is 0. The summed E-state index contributed by atoms with van der Waals surface area (Å²) in [5.41, 5.74) is 2.94. The zero-order valence-electron chi connectivity index (χ0n) is 17.1. The van der Waals surface area contributed by atoms with Gasteiger partial charge in [0.15, 0.2) is 30.6 Å². The molecule has 0 N–H and O–H groups in total. The Balaban J connectivity index is 2.13. The van der Waals surface area contributed by atoms with E-state index in [1.807, 2.05) is 17.5 Å². The van der Waals surface area contributed by atoms with E-state index in [1.54, 1.807) is 39.5 Å². The highest BCUT2D eigenvalue weighted by Crippen LogP contribution is 2.45. The van der Waals surface area contributed by atoms with Crippen molar-refractivity contribution in [3.63, 3.8) is 0 Å². The Kier molecular flexibility index (Phi) is 6.55. The van der Waals surface area contributed by atoms with Crippen LogP contribution in [-0.4, -0.2) is 39.5 Å². The Labute approximate surface area is 178 Å². The van der Waals surface area contributed by atoms with Gasteiger partial charge in [0.25, 0.3) is 0 Å². The molecule has 3 aromatic rings. The molecular weight excluding hydrogens is 429 g/mol. The molecule has 8 nitrogen and oxygen atoms in total. The molecule has 0 fully saturated rings. The molecule has 0 aliphatic heterocycles. The van der Waals surface area contributed by atoms with Crippen molar-refractivity contribution < 1.29 is 32.9 Å². The molecule has 0 bridgehead atoms. The lowest BCUT2D eigenvalue weighted by molar-refractivity contribution is -0.189. The van der Waals surface area contributed by atoms with Crippen LogP contribution in [0.5, 0.6) is 28.7 Å². The number of rotatable bonds is 8. The van der Waals surface area contributed by atoms with E-state index in [4.69, 9.17) is 23.5 Å². The summed E-state index contributed by atoms with van der Waals surface area (Å²) in [6.45, 7) is 1.00. The molecule has 160 valence electrons. The maximum absolute atomic E-state index is 11.7. The van der Waals surface area contributed by atoms with E-state index in [0.717, 1.165) is 17.8 Å². The largest absolute Gasteiger partial charge is 0.769 e. The average Bonchev–Trinajstić information content (AvgIpc) is 3.21. The van der Waals surface area contributed by atoms with Crippen LogP contribution in [0, 0.1) is 0 Å². The van der Waals surface area contributed by atoms with Crippen LogP contribution in [-0.2, 0) is 4.57 Å². The quantitative estimate of drug-likeness (QED) is 0.474. The summed E-state index contributed by atoms with van der Waals surface area (Å²) in [4.78, 5) is 11.7. The summed E-state index contributed by atoms with van der Waals surface area (Å²) in [5.74, 6) is 1.92. The highest BCUT2D eigenvalue weighted by Gasteiger charge is 2.19. The van der Waals surface area contributed by atoms with Gasteiger partial charge in [-0.05, 0) is 47.4 Å². The van der Waals surface area contributed by atoms with Gasteiger partial charge in [-0.25, -0.2) is 0 Å². The lowest BCUT2D eigenvalue weighted by atomic mass is 10.0. The molecule has 0 spiro atoms. The fourth-order valence-electron chi connectivity index (χ4n) is 2.96. The third-order valence-electron chi connectivity index (χ3n) is 4.25. The molecule has 0 aliphatic rings. The van der Waals surface area contributed by atoms with Gasteiger partial charge in [0.2, 0.25) is 5.75 Å². The van der Waals surface area contributed by atoms with Crippen molar-refractivity contribution >= 4 is 19.1 Å². The highest BCUT2D eigenvalue weighted by molar-refractivity contribution is 7.50. The number of hydrogen-bond acceptors (Lipinski definition) is 9. The molecule has 0 amide bonds. The number of benzene rings is 2. The minimum absolute atomic E-state index is 0.0969. The number of methoxy groups -OCH3 is 4. The fraction of sp³-hybridized carbons (Fsp3) is 0.250. The smallest absolute Gasteiger partial charge is 0.203 e. The Morgan fingerprint density at radius 3 is 2.00 bits per heavy atom. The summed E-state index contributed by atoms with van der Waals surface area (Å²) in [7, 11) is 2.06. The maximum Gasteiger partial charge on any atom is 0.203 e. The van der Waals surface area contributed by atoms with Crippen LogP contribution in [0.1, 0.15) is 0 Å². The Morgan fingerprint density at radius 1 is 0.867 bits per heavy atom. The average molecular weight is 450 g/mol. The van der Waals surface area contributed by atoms with E-state index < -0.39 is 7.60 Å². The van der Waals surface area contributed by atoms with Gasteiger partial charge in [-0.2, -0.15) is 4.37 Å². The van der Waals surface area contributed by atoms with E-state index in [0.29, 0.717) is 34.3 Å². The minimum atomic E-state index is -4.02. The Hall–Kier alpha value is -2.74. The van der Waals surface area contributed by atoms with Crippen LogP contribution in [0.3, 0.4) is 0 Å². The first-order chi connectivity index (χ1) is 14.3. The minimum Gasteiger partial charge on any atom is -0.769 e. The van der Waals surface area contributed by atoms with Crippen LogP contribution in [0.25, 0.3) is 22.4 Å². The third-order valence-corrected chi connectivity index (χ3v) is 5.40. The molecule has 0 radical (unpaired) electrons. The normalized spacial score (nSPS) is 12.7. The zero-order chi connectivity index (χ0) is 21.9. The molecule has 1 aromatic heterocycles. The first-order valence-corrected chi connectivity index (χ1v) is 11.5. The molecule has 1 unspecified atom stereocenters. The summed E-state index contributed by atoms with van der Waals surface area (Å²) in [6.07, 6.45) is 0. The molecule has 3 rings (SSSR count). The van der Waals surface area contributed by atoms with Gasteiger partial charge >= 0.3 is 0 Å². The molecule has 1 heterocycles. The molecule has 30 heavy (non-hydrogen) atoms. The second kappa shape index (κ2) is 8.95. The molecule has 10 heteroatoms. The van der Waals surface area contributed by atoms with Crippen LogP contribution in [0.4, 0.5) is 0 Å². The lowest BCUT2D eigenvalue weighted by Crippen LogP contribution is -2.06. The molecule has 0 aliphatic carbocycles. The Morgan fingerprint density at radius 2 is 1.47 bits per heavy atom. The van der Waals surface area contributed by atoms with Crippen molar-refractivity contribution in [3.8, 4) is 51.1 Å².